The lowest BCUT2D eigenvalue weighted by molar-refractivity contribution is -0.137. The van der Waals surface area contributed by atoms with Crippen molar-refractivity contribution in [2.45, 2.75) is 6.18 Å². The highest BCUT2D eigenvalue weighted by molar-refractivity contribution is 5.81. The van der Waals surface area contributed by atoms with Crippen molar-refractivity contribution in [1.29, 1.82) is 0 Å². The van der Waals surface area contributed by atoms with Gasteiger partial charge >= 0.3 is 6.18 Å². The van der Waals surface area contributed by atoms with E-state index in [2.05, 4.69) is 15.3 Å². The van der Waals surface area contributed by atoms with Crippen LogP contribution < -0.4 is 10.1 Å². The number of halogens is 4. The molecule has 2 aromatic carbocycles. The smallest absolute Gasteiger partial charge is 0.416 e. The van der Waals surface area contributed by atoms with Crippen LogP contribution in [0.3, 0.4) is 0 Å². The Balaban J connectivity index is 1.66. The molecule has 9 heteroatoms. The first-order valence-electron chi connectivity index (χ1n) is 8.50. The van der Waals surface area contributed by atoms with Crippen molar-refractivity contribution < 1.29 is 22.3 Å². The zero-order valence-corrected chi connectivity index (χ0v) is 15.0. The summed E-state index contributed by atoms with van der Waals surface area (Å²) in [5.41, 5.74) is -0.0570. The first kappa shape index (κ1) is 18.7. The van der Waals surface area contributed by atoms with E-state index in [4.69, 9.17) is 4.74 Å². The summed E-state index contributed by atoms with van der Waals surface area (Å²) in [5, 5.41) is 2.64. The monoisotopic (exact) mass is 402 g/mol. The van der Waals surface area contributed by atoms with Crippen molar-refractivity contribution >= 4 is 22.7 Å². The Morgan fingerprint density at radius 3 is 2.59 bits per heavy atom. The molecule has 1 N–H and O–H groups in total. The highest BCUT2D eigenvalue weighted by atomic mass is 19.4. The van der Waals surface area contributed by atoms with Gasteiger partial charge in [-0.15, -0.1) is 0 Å². The van der Waals surface area contributed by atoms with Gasteiger partial charge in [-0.25, -0.2) is 14.4 Å². The first-order chi connectivity index (χ1) is 13.8. The van der Waals surface area contributed by atoms with Crippen LogP contribution in [0.1, 0.15) is 5.56 Å². The van der Waals surface area contributed by atoms with Gasteiger partial charge in [-0.05, 0) is 36.4 Å². The number of nitrogens with zero attached hydrogens (tertiary/aromatic N) is 3. The van der Waals surface area contributed by atoms with Crippen LogP contribution in [-0.2, 0) is 13.2 Å². The van der Waals surface area contributed by atoms with Crippen molar-refractivity contribution in [3.8, 4) is 11.6 Å². The molecular weight excluding hydrogens is 388 g/mol. The van der Waals surface area contributed by atoms with Crippen LogP contribution in [0.2, 0.25) is 0 Å². The molecule has 29 heavy (non-hydrogen) atoms. The minimum atomic E-state index is -4.58. The van der Waals surface area contributed by atoms with Crippen LogP contribution in [0.15, 0.2) is 60.8 Å². The SMILES string of the molecule is Cn1c(Nc2cc(C(F)(F)F)ccc2F)nc2cc(Oc3ccccn3)ccc21. The Morgan fingerprint density at radius 2 is 1.86 bits per heavy atom. The third-order valence-electron chi connectivity index (χ3n) is 4.25. The number of pyridine rings is 1. The lowest BCUT2D eigenvalue weighted by Gasteiger charge is -2.11. The van der Waals surface area contributed by atoms with Gasteiger partial charge in [0.2, 0.25) is 11.8 Å². The highest BCUT2D eigenvalue weighted by Gasteiger charge is 2.31. The summed E-state index contributed by atoms with van der Waals surface area (Å²) in [6.07, 6.45) is -2.98. The third kappa shape index (κ3) is 3.84. The molecule has 0 aliphatic carbocycles. The minimum Gasteiger partial charge on any atom is -0.439 e. The molecule has 0 saturated heterocycles. The summed E-state index contributed by atoms with van der Waals surface area (Å²) in [7, 11) is 1.67. The van der Waals surface area contributed by atoms with Gasteiger partial charge in [0.05, 0.1) is 22.3 Å². The van der Waals surface area contributed by atoms with Crippen molar-refractivity contribution in [1.82, 2.24) is 14.5 Å². The number of aromatic nitrogens is 3. The third-order valence-corrected chi connectivity index (χ3v) is 4.25. The number of fused-ring (bicyclic) bond motifs is 1. The molecule has 0 amide bonds. The molecule has 4 aromatic rings. The summed E-state index contributed by atoms with van der Waals surface area (Å²) in [6.45, 7) is 0. The van der Waals surface area contributed by atoms with Crippen LogP contribution in [0.4, 0.5) is 29.2 Å². The normalized spacial score (nSPS) is 11.6. The van der Waals surface area contributed by atoms with Gasteiger partial charge in [-0.1, -0.05) is 6.07 Å². The number of hydrogen-bond acceptors (Lipinski definition) is 4. The maximum absolute atomic E-state index is 14.0. The van der Waals surface area contributed by atoms with Crippen LogP contribution in [0.25, 0.3) is 11.0 Å². The van der Waals surface area contributed by atoms with Crippen LogP contribution in [-0.4, -0.2) is 14.5 Å². The average molecular weight is 402 g/mol. The fraction of sp³-hybridized carbons (Fsp3) is 0.100. The molecule has 0 aliphatic rings. The van der Waals surface area contributed by atoms with Crippen LogP contribution in [0, 0.1) is 5.82 Å². The highest BCUT2D eigenvalue weighted by Crippen LogP contribution is 2.33. The van der Waals surface area contributed by atoms with Crippen molar-refractivity contribution in [2.24, 2.45) is 7.05 Å². The van der Waals surface area contributed by atoms with Gasteiger partial charge < -0.3 is 14.6 Å². The van der Waals surface area contributed by atoms with E-state index in [0.29, 0.717) is 34.8 Å². The molecular formula is C20H14F4N4O. The number of rotatable bonds is 4. The minimum absolute atomic E-state index is 0.188. The van der Waals surface area contributed by atoms with Gasteiger partial charge in [-0.2, -0.15) is 13.2 Å². The fourth-order valence-corrected chi connectivity index (χ4v) is 2.80. The molecule has 2 heterocycles. The molecule has 0 unspecified atom stereocenters. The molecule has 0 radical (unpaired) electrons. The number of aryl methyl sites for hydroxylation is 1. The largest absolute Gasteiger partial charge is 0.439 e. The van der Waals surface area contributed by atoms with Gasteiger partial charge in [-0.3, -0.25) is 0 Å². The maximum Gasteiger partial charge on any atom is 0.416 e. The molecule has 148 valence electrons. The van der Waals surface area contributed by atoms with E-state index < -0.39 is 17.6 Å². The summed E-state index contributed by atoms with van der Waals surface area (Å²) in [4.78, 5) is 8.42. The average Bonchev–Trinajstić information content (AvgIpc) is 2.98. The lowest BCUT2D eigenvalue weighted by atomic mass is 10.2. The number of benzene rings is 2. The van der Waals surface area contributed by atoms with Crippen LogP contribution >= 0.6 is 0 Å². The molecule has 0 atom stereocenters. The number of alkyl halides is 3. The predicted octanol–water partition coefficient (Wildman–Crippen LogP) is 5.66. The Hall–Kier alpha value is -3.62. The Bertz CT molecular complexity index is 1170. The number of anilines is 2. The summed E-state index contributed by atoms with van der Waals surface area (Å²) in [5.74, 6) is 0.274. The second-order valence-corrected chi connectivity index (χ2v) is 6.23. The van der Waals surface area contributed by atoms with E-state index in [-0.39, 0.29) is 11.6 Å². The quantitative estimate of drug-likeness (QED) is 0.448. The predicted molar refractivity (Wildman–Crippen MR) is 99.7 cm³/mol. The molecule has 4 rings (SSSR count). The summed E-state index contributed by atoms with van der Waals surface area (Å²) in [6, 6.07) is 12.5. The van der Waals surface area contributed by atoms with E-state index in [1.807, 2.05) is 0 Å². The Morgan fingerprint density at radius 1 is 1.03 bits per heavy atom. The number of nitrogens with one attached hydrogen (secondary N) is 1. The maximum atomic E-state index is 14.0. The molecule has 2 aromatic heterocycles. The summed E-state index contributed by atoms with van der Waals surface area (Å²) < 4.78 is 60.1. The molecule has 0 aliphatic heterocycles. The molecule has 5 nitrogen and oxygen atoms in total. The lowest BCUT2D eigenvalue weighted by Crippen LogP contribution is -2.07. The zero-order valence-electron chi connectivity index (χ0n) is 15.0. The standard InChI is InChI=1S/C20H14F4N4O/c1-28-17-8-6-13(29-18-4-2-3-9-25-18)11-16(17)27-19(28)26-15-10-12(20(22,23)24)5-7-14(15)21/h2-11H,1H3,(H,26,27). The second-order valence-electron chi connectivity index (χ2n) is 6.23. The van der Waals surface area contributed by atoms with Crippen molar-refractivity contribution in [3.63, 3.8) is 0 Å². The van der Waals surface area contributed by atoms with E-state index in [9.17, 15) is 17.6 Å². The Labute approximate surface area is 162 Å². The molecule has 0 spiro atoms. The van der Waals surface area contributed by atoms with E-state index >= 15 is 0 Å². The summed E-state index contributed by atoms with van der Waals surface area (Å²) >= 11 is 0. The van der Waals surface area contributed by atoms with Crippen molar-refractivity contribution in [2.75, 3.05) is 5.32 Å². The zero-order chi connectivity index (χ0) is 20.6. The van der Waals surface area contributed by atoms with Gasteiger partial charge in [0.1, 0.15) is 11.6 Å². The van der Waals surface area contributed by atoms with Gasteiger partial charge in [0, 0.05) is 25.4 Å². The van der Waals surface area contributed by atoms with Crippen molar-refractivity contribution in [3.05, 3.63) is 72.2 Å². The molecule has 0 saturated carbocycles. The molecule has 0 fully saturated rings. The molecule has 0 bridgehead atoms. The van der Waals surface area contributed by atoms with Crippen LogP contribution in [0.5, 0.6) is 11.6 Å². The second kappa shape index (κ2) is 7.08. The Kier molecular flexibility index (Phi) is 4.57. The van der Waals surface area contributed by atoms with Gasteiger partial charge in [0.25, 0.3) is 0 Å². The number of hydrogen-bond donors (Lipinski definition) is 1. The van der Waals surface area contributed by atoms with E-state index in [1.165, 1.54) is 0 Å². The fourth-order valence-electron chi connectivity index (χ4n) is 2.80. The number of ether oxygens (including phenoxy) is 1. The first-order valence-corrected chi connectivity index (χ1v) is 8.50. The van der Waals surface area contributed by atoms with Gasteiger partial charge in [0.15, 0.2) is 0 Å². The number of imidazole rings is 1. The van der Waals surface area contributed by atoms with E-state index in [0.717, 1.165) is 6.07 Å². The van der Waals surface area contributed by atoms with E-state index in [1.54, 1.807) is 54.2 Å². The topological polar surface area (TPSA) is 52.0 Å².